The van der Waals surface area contributed by atoms with Gasteiger partial charge in [-0.05, 0) is 13.0 Å². The van der Waals surface area contributed by atoms with Crippen molar-refractivity contribution < 1.29 is 9.21 Å². The Labute approximate surface area is 76.3 Å². The second kappa shape index (κ2) is 2.60. The summed E-state index contributed by atoms with van der Waals surface area (Å²) < 4.78 is 4.83. The van der Waals surface area contributed by atoms with E-state index in [9.17, 15) is 4.79 Å². The number of amides is 1. The molecule has 0 saturated carbocycles. The zero-order valence-corrected chi connectivity index (χ0v) is 7.49. The molecule has 1 aromatic heterocycles. The summed E-state index contributed by atoms with van der Waals surface area (Å²) in [5, 5.41) is 0. The normalized spacial score (nSPS) is 19.7. The quantitative estimate of drug-likeness (QED) is 0.682. The molecule has 2 N–H and O–H groups in total. The number of hydrogen-bond donors (Lipinski definition) is 1. The fourth-order valence-electron chi connectivity index (χ4n) is 1.54. The van der Waals surface area contributed by atoms with Crippen LogP contribution in [0.4, 0.5) is 0 Å². The van der Waals surface area contributed by atoms with Crippen molar-refractivity contribution in [2.75, 3.05) is 13.1 Å². The lowest BCUT2D eigenvalue weighted by Gasteiger charge is -2.45. The maximum Gasteiger partial charge on any atom is 0.257 e. The van der Waals surface area contributed by atoms with Crippen LogP contribution in [0.3, 0.4) is 0 Å². The fourth-order valence-corrected chi connectivity index (χ4v) is 1.54. The van der Waals surface area contributed by atoms with Crippen LogP contribution >= 0.6 is 0 Å². The molecule has 4 heteroatoms. The number of rotatable bonds is 1. The maximum absolute atomic E-state index is 11.6. The van der Waals surface area contributed by atoms with Crippen molar-refractivity contribution in [2.45, 2.75) is 12.5 Å². The van der Waals surface area contributed by atoms with Crippen LogP contribution in [-0.4, -0.2) is 29.4 Å². The van der Waals surface area contributed by atoms with Crippen molar-refractivity contribution in [3.63, 3.8) is 0 Å². The highest BCUT2D eigenvalue weighted by molar-refractivity contribution is 5.94. The summed E-state index contributed by atoms with van der Waals surface area (Å²) in [6.45, 7) is 3.18. The second-order valence-electron chi connectivity index (χ2n) is 3.83. The molecule has 1 amide bonds. The molecule has 1 fully saturated rings. The molecule has 4 nitrogen and oxygen atoms in total. The van der Waals surface area contributed by atoms with Gasteiger partial charge >= 0.3 is 0 Å². The van der Waals surface area contributed by atoms with Crippen LogP contribution in [0.2, 0.25) is 0 Å². The number of hydrogen-bond acceptors (Lipinski definition) is 3. The molecule has 1 aliphatic rings. The Balaban J connectivity index is 2.02. The molecule has 0 bridgehead atoms. The summed E-state index contributed by atoms with van der Waals surface area (Å²) in [6, 6.07) is 1.66. The highest BCUT2D eigenvalue weighted by Gasteiger charge is 2.38. The number of carbonyl (C=O) groups excluding carboxylic acids is 1. The first-order valence-electron chi connectivity index (χ1n) is 4.19. The summed E-state index contributed by atoms with van der Waals surface area (Å²) in [7, 11) is 0. The van der Waals surface area contributed by atoms with Crippen LogP contribution in [0.5, 0.6) is 0 Å². The van der Waals surface area contributed by atoms with Gasteiger partial charge in [0.1, 0.15) is 6.26 Å². The lowest BCUT2D eigenvalue weighted by atomic mass is 9.93. The molecule has 1 aromatic rings. The van der Waals surface area contributed by atoms with E-state index in [1.54, 1.807) is 11.0 Å². The van der Waals surface area contributed by atoms with Crippen LogP contribution in [0.1, 0.15) is 17.3 Å². The molecule has 1 aliphatic heterocycles. The van der Waals surface area contributed by atoms with Crippen LogP contribution in [0.15, 0.2) is 23.0 Å². The summed E-state index contributed by atoms with van der Waals surface area (Å²) in [4.78, 5) is 13.3. The van der Waals surface area contributed by atoms with Crippen molar-refractivity contribution >= 4 is 5.91 Å². The number of furan rings is 1. The molecule has 2 heterocycles. The minimum Gasteiger partial charge on any atom is -0.472 e. The highest BCUT2D eigenvalue weighted by atomic mass is 16.3. The van der Waals surface area contributed by atoms with Crippen molar-refractivity contribution in [3.8, 4) is 0 Å². The summed E-state index contributed by atoms with van der Waals surface area (Å²) in [6.07, 6.45) is 2.95. The van der Waals surface area contributed by atoms with Gasteiger partial charge in [0.25, 0.3) is 5.91 Å². The maximum atomic E-state index is 11.6. The molecule has 13 heavy (non-hydrogen) atoms. The molecular weight excluding hydrogens is 168 g/mol. The van der Waals surface area contributed by atoms with E-state index in [-0.39, 0.29) is 11.4 Å². The third kappa shape index (κ3) is 1.45. The minimum absolute atomic E-state index is 0.00308. The smallest absolute Gasteiger partial charge is 0.257 e. The van der Waals surface area contributed by atoms with Crippen molar-refractivity contribution in [2.24, 2.45) is 5.73 Å². The molecule has 1 saturated heterocycles. The van der Waals surface area contributed by atoms with E-state index in [1.165, 1.54) is 12.5 Å². The standard InChI is InChI=1S/C9H12N2O2/c1-9(10)5-11(6-9)8(12)7-2-3-13-4-7/h2-4H,5-6,10H2,1H3. The Hall–Kier alpha value is -1.29. The second-order valence-corrected chi connectivity index (χ2v) is 3.83. The Bertz CT molecular complexity index is 308. The number of nitrogens with zero attached hydrogens (tertiary/aromatic N) is 1. The highest BCUT2D eigenvalue weighted by Crippen LogP contribution is 2.19. The molecule has 0 aliphatic carbocycles. The first-order chi connectivity index (χ1) is 6.08. The van der Waals surface area contributed by atoms with Gasteiger partial charge in [-0.25, -0.2) is 0 Å². The van der Waals surface area contributed by atoms with Crippen molar-refractivity contribution in [1.82, 2.24) is 4.90 Å². The molecule has 0 radical (unpaired) electrons. The summed E-state index contributed by atoms with van der Waals surface area (Å²) >= 11 is 0. The van der Waals surface area contributed by atoms with Crippen LogP contribution in [0.25, 0.3) is 0 Å². The average Bonchev–Trinajstić information content (AvgIpc) is 2.50. The predicted octanol–water partition coefficient (Wildman–Crippen LogP) is 0.453. The monoisotopic (exact) mass is 180 g/mol. The Morgan fingerprint density at radius 1 is 1.69 bits per heavy atom. The van der Waals surface area contributed by atoms with E-state index in [2.05, 4.69) is 0 Å². The van der Waals surface area contributed by atoms with Gasteiger partial charge in [-0.1, -0.05) is 0 Å². The van der Waals surface area contributed by atoms with Gasteiger partial charge in [0.2, 0.25) is 0 Å². The lowest BCUT2D eigenvalue weighted by molar-refractivity contribution is 0.0453. The van der Waals surface area contributed by atoms with E-state index in [0.29, 0.717) is 18.7 Å². The third-order valence-corrected chi connectivity index (χ3v) is 2.16. The Kier molecular flexibility index (Phi) is 1.66. The molecule has 0 aromatic carbocycles. The Morgan fingerprint density at radius 3 is 2.85 bits per heavy atom. The van der Waals surface area contributed by atoms with Gasteiger partial charge < -0.3 is 15.1 Å². The van der Waals surface area contributed by atoms with Gasteiger partial charge in [-0.3, -0.25) is 4.79 Å². The van der Waals surface area contributed by atoms with Crippen molar-refractivity contribution in [3.05, 3.63) is 24.2 Å². The third-order valence-electron chi connectivity index (χ3n) is 2.16. The molecule has 70 valence electrons. The van der Waals surface area contributed by atoms with Gasteiger partial charge in [0, 0.05) is 18.6 Å². The van der Waals surface area contributed by atoms with E-state index in [4.69, 9.17) is 10.2 Å². The molecule has 2 rings (SSSR count). The lowest BCUT2D eigenvalue weighted by Crippen LogP contribution is -2.66. The molecule has 0 atom stereocenters. The Morgan fingerprint density at radius 2 is 2.38 bits per heavy atom. The van der Waals surface area contributed by atoms with Crippen LogP contribution in [0, 0.1) is 0 Å². The zero-order valence-electron chi connectivity index (χ0n) is 7.49. The topological polar surface area (TPSA) is 59.5 Å². The SMILES string of the molecule is CC1(N)CN(C(=O)c2ccoc2)C1. The van der Waals surface area contributed by atoms with E-state index < -0.39 is 0 Å². The fraction of sp³-hybridized carbons (Fsp3) is 0.444. The van der Waals surface area contributed by atoms with Crippen molar-refractivity contribution in [1.29, 1.82) is 0 Å². The zero-order chi connectivity index (χ0) is 9.47. The van der Waals surface area contributed by atoms with Crippen LogP contribution < -0.4 is 5.73 Å². The predicted molar refractivity (Wildman–Crippen MR) is 47.2 cm³/mol. The number of likely N-dealkylation sites (tertiary alicyclic amines) is 1. The largest absolute Gasteiger partial charge is 0.472 e. The summed E-state index contributed by atoms with van der Waals surface area (Å²) in [5.41, 5.74) is 6.17. The first-order valence-corrected chi connectivity index (χ1v) is 4.19. The minimum atomic E-state index is -0.209. The van der Waals surface area contributed by atoms with E-state index >= 15 is 0 Å². The molecule has 0 unspecified atom stereocenters. The van der Waals surface area contributed by atoms with Gasteiger partial charge in [-0.2, -0.15) is 0 Å². The van der Waals surface area contributed by atoms with Crippen LogP contribution in [-0.2, 0) is 0 Å². The van der Waals surface area contributed by atoms with Gasteiger partial charge in [0.05, 0.1) is 11.8 Å². The average molecular weight is 180 g/mol. The molecular formula is C9H12N2O2. The van der Waals surface area contributed by atoms with Gasteiger partial charge in [0.15, 0.2) is 0 Å². The van der Waals surface area contributed by atoms with E-state index in [0.717, 1.165) is 0 Å². The number of carbonyl (C=O) groups is 1. The first kappa shape index (κ1) is 8.31. The molecule has 0 spiro atoms. The number of nitrogens with two attached hydrogens (primary N) is 1. The van der Waals surface area contributed by atoms with Gasteiger partial charge in [-0.15, -0.1) is 0 Å². The summed E-state index contributed by atoms with van der Waals surface area (Å²) in [5.74, 6) is -0.00308. The van der Waals surface area contributed by atoms with E-state index in [1.807, 2.05) is 6.92 Å².